The largest absolute Gasteiger partial charge is 0.353 e. The Morgan fingerprint density at radius 2 is 2.05 bits per heavy atom. The summed E-state index contributed by atoms with van der Waals surface area (Å²) in [7, 11) is 1.96. The highest BCUT2D eigenvalue weighted by molar-refractivity contribution is 7.16. The zero-order chi connectivity index (χ0) is 25.5. The van der Waals surface area contributed by atoms with E-state index in [1.807, 2.05) is 43.0 Å². The van der Waals surface area contributed by atoms with Crippen LogP contribution in [-0.2, 0) is 11.3 Å². The molecule has 1 atom stereocenters. The monoisotopic (exact) mass is 516 g/mol. The summed E-state index contributed by atoms with van der Waals surface area (Å²) in [4.78, 5) is 30.6. The molecule has 0 spiro atoms. The number of carbonyl (C=O) groups is 1. The average Bonchev–Trinajstić information content (AvgIpc) is 3.56. The molecule has 1 fully saturated rings. The lowest BCUT2D eigenvalue weighted by atomic mass is 10.1. The Bertz CT molecular complexity index is 1620. The molecule has 1 N–H and O–H groups in total. The highest BCUT2D eigenvalue weighted by Crippen LogP contribution is 2.26. The molecular formula is C26H25FN8OS. The molecule has 0 bridgehead atoms. The highest BCUT2D eigenvalue weighted by Gasteiger charge is 2.31. The van der Waals surface area contributed by atoms with Gasteiger partial charge in [-0.2, -0.15) is 0 Å². The molecule has 1 aliphatic heterocycles. The van der Waals surface area contributed by atoms with Crippen LogP contribution in [-0.4, -0.2) is 68.3 Å². The van der Waals surface area contributed by atoms with Gasteiger partial charge < -0.3 is 10.2 Å². The van der Waals surface area contributed by atoms with Crippen LogP contribution >= 0.6 is 11.3 Å². The lowest BCUT2D eigenvalue weighted by molar-refractivity contribution is -0.126. The molecule has 2 aromatic carbocycles. The second-order valence-electron chi connectivity index (χ2n) is 9.26. The zero-order valence-corrected chi connectivity index (χ0v) is 21.2. The smallest absolute Gasteiger partial charge is 0.239 e. The predicted molar refractivity (Wildman–Crippen MR) is 141 cm³/mol. The van der Waals surface area contributed by atoms with Crippen LogP contribution in [0.15, 0.2) is 54.4 Å². The normalized spacial score (nSPS) is 16.5. The Morgan fingerprint density at radius 3 is 2.92 bits per heavy atom. The molecule has 0 radical (unpaired) electrons. The Morgan fingerprint density at radius 1 is 1.16 bits per heavy atom. The Labute approximate surface area is 216 Å². The molecule has 37 heavy (non-hydrogen) atoms. The minimum absolute atomic E-state index is 0.0401. The van der Waals surface area contributed by atoms with Crippen molar-refractivity contribution in [1.82, 2.24) is 34.9 Å². The van der Waals surface area contributed by atoms with E-state index in [-0.39, 0.29) is 17.8 Å². The van der Waals surface area contributed by atoms with Crippen LogP contribution in [0.5, 0.6) is 0 Å². The molecule has 188 valence electrons. The van der Waals surface area contributed by atoms with E-state index in [2.05, 4.69) is 35.2 Å². The second-order valence-corrected chi connectivity index (χ2v) is 10.1. The number of piperazine rings is 1. The van der Waals surface area contributed by atoms with Gasteiger partial charge in [-0.05, 0) is 49.4 Å². The van der Waals surface area contributed by atoms with Gasteiger partial charge in [0.15, 0.2) is 5.65 Å². The van der Waals surface area contributed by atoms with Crippen molar-refractivity contribution in [2.24, 2.45) is 0 Å². The van der Waals surface area contributed by atoms with Gasteiger partial charge in [-0.25, -0.2) is 24.0 Å². The number of likely N-dealkylation sites (N-methyl/N-ethyl adjacent to an activating group) is 1. The molecule has 0 saturated carbocycles. The molecule has 4 heterocycles. The van der Waals surface area contributed by atoms with Gasteiger partial charge in [-0.3, -0.25) is 9.69 Å². The van der Waals surface area contributed by atoms with Gasteiger partial charge in [0.05, 0.1) is 26.8 Å². The van der Waals surface area contributed by atoms with Crippen LogP contribution in [0.4, 0.5) is 10.2 Å². The number of halogens is 1. The van der Waals surface area contributed by atoms with Crippen molar-refractivity contribution in [2.75, 3.05) is 31.6 Å². The van der Waals surface area contributed by atoms with Gasteiger partial charge in [-0.15, -0.1) is 16.4 Å². The van der Waals surface area contributed by atoms with Crippen molar-refractivity contribution in [3.05, 3.63) is 71.4 Å². The number of amides is 1. The molecule has 11 heteroatoms. The molecule has 6 rings (SSSR count). The summed E-state index contributed by atoms with van der Waals surface area (Å²) in [5.74, 6) is 0.383. The summed E-state index contributed by atoms with van der Waals surface area (Å²) in [6.07, 6.45) is 3.30. The molecule has 3 aromatic heterocycles. The van der Waals surface area contributed by atoms with E-state index in [1.54, 1.807) is 29.0 Å². The van der Waals surface area contributed by atoms with Gasteiger partial charge in [0.2, 0.25) is 5.91 Å². The lowest BCUT2D eigenvalue weighted by Gasteiger charge is -2.39. The highest BCUT2D eigenvalue weighted by atomic mass is 32.1. The third kappa shape index (κ3) is 4.51. The maximum Gasteiger partial charge on any atom is 0.239 e. The van der Waals surface area contributed by atoms with Gasteiger partial charge >= 0.3 is 0 Å². The average molecular weight is 517 g/mol. The number of hydrogen-bond acceptors (Lipinski definition) is 8. The van der Waals surface area contributed by atoms with Crippen molar-refractivity contribution < 1.29 is 9.18 Å². The first kappa shape index (κ1) is 23.4. The standard InChI is InChI=1S/C26H25FN8OS/c1-16-3-5-18(10-20(16)27)35-12-19-24(32-35)29-14-30-25(19)34-8-7-33(2)22(13-34)26(36)28-11-17-4-6-23-21(9-17)31-15-37-23/h3-6,9-10,12,14-15,22H,7-8,11,13H2,1-2H3,(H,28,36)/t22-/m0/s1. The first-order valence-electron chi connectivity index (χ1n) is 12.0. The summed E-state index contributed by atoms with van der Waals surface area (Å²) < 4.78 is 16.9. The van der Waals surface area contributed by atoms with Gasteiger partial charge in [-0.1, -0.05) is 12.1 Å². The number of rotatable bonds is 5. The van der Waals surface area contributed by atoms with Gasteiger partial charge in [0.1, 0.15) is 24.0 Å². The number of aromatic nitrogens is 5. The number of nitrogens with zero attached hydrogens (tertiary/aromatic N) is 7. The van der Waals surface area contributed by atoms with E-state index >= 15 is 0 Å². The van der Waals surface area contributed by atoms with E-state index in [4.69, 9.17) is 0 Å². The van der Waals surface area contributed by atoms with E-state index < -0.39 is 0 Å². The third-order valence-corrected chi connectivity index (χ3v) is 7.64. The van der Waals surface area contributed by atoms with E-state index in [9.17, 15) is 9.18 Å². The maximum absolute atomic E-state index is 14.1. The van der Waals surface area contributed by atoms with Gasteiger partial charge in [0.25, 0.3) is 0 Å². The van der Waals surface area contributed by atoms with Crippen LogP contribution in [0.1, 0.15) is 11.1 Å². The van der Waals surface area contributed by atoms with Crippen LogP contribution in [0.2, 0.25) is 0 Å². The fraction of sp³-hybridized carbons (Fsp3) is 0.269. The van der Waals surface area contributed by atoms with Gasteiger partial charge in [0, 0.05) is 32.4 Å². The quantitative estimate of drug-likeness (QED) is 0.383. The number of aryl methyl sites for hydroxylation is 1. The fourth-order valence-electron chi connectivity index (χ4n) is 4.60. The topological polar surface area (TPSA) is 92.1 Å². The number of thiazole rings is 1. The number of hydrogen-bond donors (Lipinski definition) is 1. The number of anilines is 1. The van der Waals surface area contributed by atoms with E-state index in [0.29, 0.717) is 48.9 Å². The summed E-state index contributed by atoms with van der Waals surface area (Å²) in [6.45, 7) is 4.04. The number of fused-ring (bicyclic) bond motifs is 2. The Hall–Kier alpha value is -3.96. The first-order chi connectivity index (χ1) is 18.0. The number of nitrogens with one attached hydrogen (secondary N) is 1. The number of benzene rings is 2. The molecule has 0 unspecified atom stereocenters. The van der Waals surface area contributed by atoms with E-state index in [0.717, 1.165) is 21.2 Å². The van der Waals surface area contributed by atoms with Crippen LogP contribution in [0.25, 0.3) is 26.9 Å². The summed E-state index contributed by atoms with van der Waals surface area (Å²) in [5.41, 5.74) is 5.48. The third-order valence-electron chi connectivity index (χ3n) is 6.83. The van der Waals surface area contributed by atoms with Crippen LogP contribution in [0.3, 0.4) is 0 Å². The minimum Gasteiger partial charge on any atom is -0.353 e. The molecule has 1 amide bonds. The van der Waals surface area contributed by atoms with E-state index in [1.165, 1.54) is 12.4 Å². The zero-order valence-electron chi connectivity index (χ0n) is 20.4. The first-order valence-corrected chi connectivity index (χ1v) is 12.9. The minimum atomic E-state index is -0.344. The molecule has 9 nitrogen and oxygen atoms in total. The van der Waals surface area contributed by atoms with Crippen LogP contribution < -0.4 is 10.2 Å². The molecular weight excluding hydrogens is 491 g/mol. The number of carbonyl (C=O) groups excluding carboxylic acids is 1. The van der Waals surface area contributed by atoms with Crippen LogP contribution in [0, 0.1) is 12.7 Å². The van der Waals surface area contributed by atoms with Crippen molar-refractivity contribution >= 4 is 44.3 Å². The second kappa shape index (κ2) is 9.49. The molecule has 1 aliphatic rings. The fourth-order valence-corrected chi connectivity index (χ4v) is 5.26. The molecule has 0 aliphatic carbocycles. The van der Waals surface area contributed by atoms with Crippen molar-refractivity contribution in [3.8, 4) is 5.69 Å². The van der Waals surface area contributed by atoms with Crippen molar-refractivity contribution in [3.63, 3.8) is 0 Å². The lowest BCUT2D eigenvalue weighted by Crippen LogP contribution is -2.57. The van der Waals surface area contributed by atoms with Crippen molar-refractivity contribution in [2.45, 2.75) is 19.5 Å². The Balaban J connectivity index is 1.21. The summed E-state index contributed by atoms with van der Waals surface area (Å²) in [6, 6.07) is 10.7. The van der Waals surface area contributed by atoms with Crippen molar-refractivity contribution in [1.29, 1.82) is 0 Å². The maximum atomic E-state index is 14.1. The summed E-state index contributed by atoms with van der Waals surface area (Å²) in [5, 5.41) is 8.37. The SMILES string of the molecule is Cc1ccc(-n2cc3c(N4CCN(C)[C@H](C(=O)NCc5ccc6scnc6c5)C4)ncnc3n2)cc1F. The summed E-state index contributed by atoms with van der Waals surface area (Å²) >= 11 is 1.60. The predicted octanol–water partition coefficient (Wildman–Crippen LogP) is 3.31. The molecule has 5 aromatic rings. The Kier molecular flexibility index (Phi) is 6.01. The molecule has 1 saturated heterocycles.